The van der Waals surface area contributed by atoms with E-state index in [0.717, 1.165) is 23.4 Å². The third-order valence-corrected chi connectivity index (χ3v) is 5.88. The first-order chi connectivity index (χ1) is 14.7. The number of amides is 5. The highest BCUT2D eigenvalue weighted by Gasteiger charge is 2.49. The third kappa shape index (κ3) is 5.04. The molecule has 0 spiro atoms. The van der Waals surface area contributed by atoms with E-state index in [-0.39, 0.29) is 18.4 Å². The van der Waals surface area contributed by atoms with Gasteiger partial charge < -0.3 is 15.5 Å². The average molecular weight is 430 g/mol. The summed E-state index contributed by atoms with van der Waals surface area (Å²) in [5, 5.41) is 5.52. The highest BCUT2D eigenvalue weighted by Crippen LogP contribution is 2.29. The minimum atomic E-state index is -1.19. The summed E-state index contributed by atoms with van der Waals surface area (Å²) in [6, 6.07) is 6.84. The largest absolute Gasteiger partial charge is 0.355 e. The zero-order valence-corrected chi connectivity index (χ0v) is 18.4. The number of hydrogen-bond donors (Lipinski definition) is 2. The maximum atomic E-state index is 13.1. The van der Waals surface area contributed by atoms with Gasteiger partial charge in [-0.15, -0.1) is 0 Å². The Morgan fingerprint density at radius 1 is 1.06 bits per heavy atom. The van der Waals surface area contributed by atoms with Gasteiger partial charge in [0, 0.05) is 32.7 Å². The summed E-state index contributed by atoms with van der Waals surface area (Å²) in [7, 11) is 0. The molecule has 1 aromatic rings. The molecule has 0 saturated carbocycles. The summed E-state index contributed by atoms with van der Waals surface area (Å²) in [5.41, 5.74) is 0.550. The van der Waals surface area contributed by atoms with Gasteiger partial charge in [0.1, 0.15) is 12.1 Å². The maximum absolute atomic E-state index is 13.1. The van der Waals surface area contributed by atoms with Crippen molar-refractivity contribution in [2.45, 2.75) is 32.7 Å². The lowest BCUT2D eigenvalue weighted by Gasteiger charge is -2.25. The lowest BCUT2D eigenvalue weighted by atomic mass is 9.91. The number of rotatable bonds is 6. The van der Waals surface area contributed by atoms with Crippen LogP contribution in [0.5, 0.6) is 0 Å². The molecule has 1 unspecified atom stereocenters. The molecule has 9 nitrogen and oxygen atoms in total. The Balaban J connectivity index is 1.61. The molecule has 0 radical (unpaired) electrons. The molecular formula is C22H31N5O4. The predicted octanol–water partition coefficient (Wildman–Crippen LogP) is 0.432. The molecule has 0 aromatic heterocycles. The first-order valence-corrected chi connectivity index (χ1v) is 10.7. The van der Waals surface area contributed by atoms with E-state index in [2.05, 4.69) is 10.6 Å². The van der Waals surface area contributed by atoms with E-state index in [0.29, 0.717) is 38.3 Å². The van der Waals surface area contributed by atoms with Crippen LogP contribution in [0.4, 0.5) is 4.79 Å². The van der Waals surface area contributed by atoms with Gasteiger partial charge in [0.15, 0.2) is 0 Å². The molecule has 0 bridgehead atoms. The molecule has 2 fully saturated rings. The molecule has 2 N–H and O–H groups in total. The smallest absolute Gasteiger partial charge is 0.325 e. The second kappa shape index (κ2) is 9.47. The number of likely N-dealkylation sites (N-methyl/N-ethyl adjacent to an activating group) is 1. The standard InChI is InChI=1S/C22H31N5O4/c1-4-23-18(28)14-25-10-5-11-26(13-12-25)19(29)15-27-20(30)22(3,24-21(27)31)17-8-6-16(2)7-9-17/h6-9H,4-5,10-15H2,1-3H3,(H,23,28)(H,24,31). The van der Waals surface area contributed by atoms with Gasteiger partial charge in [-0.25, -0.2) is 4.79 Å². The van der Waals surface area contributed by atoms with Crippen LogP contribution in [0.1, 0.15) is 31.4 Å². The van der Waals surface area contributed by atoms with Crippen molar-refractivity contribution in [3.8, 4) is 0 Å². The van der Waals surface area contributed by atoms with E-state index in [9.17, 15) is 19.2 Å². The predicted molar refractivity (Wildman–Crippen MR) is 115 cm³/mol. The van der Waals surface area contributed by atoms with Crippen LogP contribution in [0.3, 0.4) is 0 Å². The van der Waals surface area contributed by atoms with Gasteiger partial charge in [-0.3, -0.25) is 24.2 Å². The fourth-order valence-electron chi connectivity index (χ4n) is 3.99. The number of hydrogen-bond acceptors (Lipinski definition) is 5. The van der Waals surface area contributed by atoms with Crippen LogP contribution in [-0.4, -0.2) is 84.3 Å². The summed E-state index contributed by atoms with van der Waals surface area (Å²) in [5.74, 6) is -0.726. The van der Waals surface area contributed by atoms with E-state index in [1.165, 1.54) is 0 Å². The van der Waals surface area contributed by atoms with Crippen LogP contribution in [0.15, 0.2) is 24.3 Å². The quantitative estimate of drug-likeness (QED) is 0.639. The molecule has 2 saturated heterocycles. The highest BCUT2D eigenvalue weighted by molar-refractivity contribution is 6.09. The number of urea groups is 1. The number of nitrogens with zero attached hydrogens (tertiary/aromatic N) is 3. The Kier molecular flexibility index (Phi) is 6.94. The monoisotopic (exact) mass is 429 g/mol. The molecule has 2 aliphatic rings. The second-order valence-corrected chi connectivity index (χ2v) is 8.28. The van der Waals surface area contributed by atoms with Gasteiger partial charge >= 0.3 is 6.03 Å². The van der Waals surface area contributed by atoms with Crippen molar-refractivity contribution >= 4 is 23.8 Å². The SMILES string of the molecule is CCNC(=O)CN1CCCN(C(=O)CN2C(=O)NC(C)(c3ccc(C)cc3)C2=O)CC1. The van der Waals surface area contributed by atoms with Crippen LogP contribution in [-0.2, 0) is 19.9 Å². The molecule has 168 valence electrons. The maximum Gasteiger partial charge on any atom is 0.325 e. The summed E-state index contributed by atoms with van der Waals surface area (Å²) in [4.78, 5) is 55.0. The van der Waals surface area contributed by atoms with E-state index < -0.39 is 17.5 Å². The fourth-order valence-corrected chi connectivity index (χ4v) is 3.99. The van der Waals surface area contributed by atoms with Crippen molar-refractivity contribution < 1.29 is 19.2 Å². The van der Waals surface area contributed by atoms with Crippen LogP contribution in [0.2, 0.25) is 0 Å². The average Bonchev–Trinajstić information content (AvgIpc) is 2.89. The van der Waals surface area contributed by atoms with Crippen molar-refractivity contribution in [3.63, 3.8) is 0 Å². The van der Waals surface area contributed by atoms with Gasteiger partial charge in [-0.05, 0) is 32.8 Å². The Labute approximate surface area is 182 Å². The number of benzene rings is 1. The van der Waals surface area contributed by atoms with Crippen molar-refractivity contribution in [1.29, 1.82) is 0 Å². The first kappa shape index (κ1) is 22.7. The minimum Gasteiger partial charge on any atom is -0.355 e. The lowest BCUT2D eigenvalue weighted by molar-refractivity contribution is -0.138. The number of aryl methyl sites for hydroxylation is 1. The Bertz CT molecular complexity index is 856. The number of imide groups is 1. The molecule has 2 aliphatic heterocycles. The summed E-state index contributed by atoms with van der Waals surface area (Å²) in [6.45, 7) is 8.36. The number of carbonyl (C=O) groups is 4. The van der Waals surface area contributed by atoms with Crippen LogP contribution in [0.25, 0.3) is 0 Å². The third-order valence-electron chi connectivity index (χ3n) is 5.88. The molecule has 1 aromatic carbocycles. The van der Waals surface area contributed by atoms with E-state index in [1.54, 1.807) is 11.8 Å². The van der Waals surface area contributed by atoms with Crippen LogP contribution >= 0.6 is 0 Å². The molecule has 9 heteroatoms. The molecule has 5 amide bonds. The van der Waals surface area contributed by atoms with Gasteiger partial charge in [-0.2, -0.15) is 0 Å². The van der Waals surface area contributed by atoms with E-state index in [4.69, 9.17) is 0 Å². The molecule has 1 atom stereocenters. The van der Waals surface area contributed by atoms with E-state index >= 15 is 0 Å². The van der Waals surface area contributed by atoms with Crippen molar-refractivity contribution in [1.82, 2.24) is 25.3 Å². The summed E-state index contributed by atoms with van der Waals surface area (Å²) in [6.07, 6.45) is 0.729. The summed E-state index contributed by atoms with van der Waals surface area (Å²) < 4.78 is 0. The lowest BCUT2D eigenvalue weighted by Crippen LogP contribution is -2.45. The topological polar surface area (TPSA) is 102 Å². The molecule has 31 heavy (non-hydrogen) atoms. The second-order valence-electron chi connectivity index (χ2n) is 8.28. The zero-order chi connectivity index (χ0) is 22.6. The fraction of sp³-hybridized carbons (Fsp3) is 0.545. The minimum absolute atomic E-state index is 0.0306. The zero-order valence-electron chi connectivity index (χ0n) is 18.4. The number of nitrogens with one attached hydrogen (secondary N) is 2. The molecule has 3 rings (SSSR count). The van der Waals surface area contributed by atoms with Crippen molar-refractivity contribution in [2.24, 2.45) is 0 Å². The Hall–Kier alpha value is -2.94. The normalized spacial score (nSPS) is 22.3. The van der Waals surface area contributed by atoms with Crippen molar-refractivity contribution in [2.75, 3.05) is 45.8 Å². The van der Waals surface area contributed by atoms with E-state index in [1.807, 2.05) is 43.0 Å². The molecular weight excluding hydrogens is 398 g/mol. The number of carbonyl (C=O) groups excluding carboxylic acids is 4. The van der Waals surface area contributed by atoms with Crippen molar-refractivity contribution in [3.05, 3.63) is 35.4 Å². The summed E-state index contributed by atoms with van der Waals surface area (Å²) >= 11 is 0. The van der Waals surface area contributed by atoms with Gasteiger partial charge in [-0.1, -0.05) is 29.8 Å². The first-order valence-electron chi connectivity index (χ1n) is 10.7. The Morgan fingerprint density at radius 3 is 2.45 bits per heavy atom. The highest BCUT2D eigenvalue weighted by atomic mass is 16.2. The van der Waals surface area contributed by atoms with Gasteiger partial charge in [0.25, 0.3) is 5.91 Å². The van der Waals surface area contributed by atoms with Gasteiger partial charge in [0.05, 0.1) is 6.54 Å². The Morgan fingerprint density at radius 2 is 1.77 bits per heavy atom. The van der Waals surface area contributed by atoms with Crippen LogP contribution in [0, 0.1) is 6.92 Å². The molecule has 2 heterocycles. The van der Waals surface area contributed by atoms with Crippen LogP contribution < -0.4 is 10.6 Å². The van der Waals surface area contributed by atoms with Gasteiger partial charge in [0.2, 0.25) is 11.8 Å². The molecule has 0 aliphatic carbocycles.